The molecule has 0 spiro atoms. The largest absolute Gasteiger partial charge is 0.270 e. The lowest BCUT2D eigenvalue weighted by atomic mass is 10.4. The quantitative estimate of drug-likeness (QED) is 0.829. The Hall–Kier alpha value is -1.28. The molecule has 0 aliphatic carbocycles. The second-order valence-electron chi connectivity index (χ2n) is 3.87. The van der Waals surface area contributed by atoms with Gasteiger partial charge in [-0.2, -0.15) is 5.10 Å². The van der Waals surface area contributed by atoms with E-state index in [0.717, 1.165) is 0 Å². The number of hydrogen-bond donors (Lipinski definition) is 0. The highest BCUT2D eigenvalue weighted by Crippen LogP contribution is 2.16. The number of pyridine rings is 1. The van der Waals surface area contributed by atoms with Gasteiger partial charge in [0, 0.05) is 22.4 Å². The molecule has 0 fully saturated rings. The minimum Gasteiger partial charge on any atom is -0.270 e. The highest BCUT2D eigenvalue weighted by molar-refractivity contribution is 9.10. The number of halogens is 2. The number of hydrogen-bond acceptors (Lipinski definition) is 4. The number of alkyl halides is 1. The molecule has 0 N–H and O–H groups in total. The van der Waals surface area contributed by atoms with Crippen molar-refractivity contribution in [3.63, 3.8) is 0 Å². The van der Waals surface area contributed by atoms with Crippen LogP contribution < -0.4 is 0 Å². The van der Waals surface area contributed by atoms with Crippen molar-refractivity contribution in [1.29, 1.82) is 0 Å². The van der Waals surface area contributed by atoms with Crippen LogP contribution in [0, 0.1) is 0 Å². The third kappa shape index (κ3) is 3.60. The Morgan fingerprint density at radius 1 is 1.32 bits per heavy atom. The van der Waals surface area contributed by atoms with Gasteiger partial charge in [-0.25, -0.2) is 17.8 Å². The van der Waals surface area contributed by atoms with Crippen LogP contribution in [0.3, 0.4) is 0 Å². The van der Waals surface area contributed by atoms with Gasteiger partial charge in [-0.3, -0.25) is 4.68 Å². The Morgan fingerprint density at radius 2 is 2.11 bits per heavy atom. The predicted molar refractivity (Wildman–Crippen MR) is 71.0 cm³/mol. The molecule has 5 nitrogen and oxygen atoms in total. The molecule has 2 aromatic heterocycles. The van der Waals surface area contributed by atoms with E-state index in [0.29, 0.717) is 10.0 Å². The lowest BCUT2D eigenvalue weighted by Crippen LogP contribution is -2.06. The topological polar surface area (TPSA) is 64.8 Å². The van der Waals surface area contributed by atoms with Crippen molar-refractivity contribution in [3.05, 3.63) is 40.8 Å². The van der Waals surface area contributed by atoms with Gasteiger partial charge >= 0.3 is 0 Å². The molecule has 0 aliphatic rings. The highest BCUT2D eigenvalue weighted by atomic mass is 79.9. The molecule has 0 bridgehead atoms. The predicted octanol–water partition coefficient (Wildman–Crippen LogP) is 1.98. The summed E-state index contributed by atoms with van der Waals surface area (Å²) in [5.74, 6) is -0.200. The zero-order valence-corrected chi connectivity index (χ0v) is 12.2. The van der Waals surface area contributed by atoms with E-state index in [1.54, 1.807) is 6.07 Å². The minimum atomic E-state index is -3.51. The second kappa shape index (κ2) is 5.79. The first-order valence-electron chi connectivity index (χ1n) is 5.43. The van der Waals surface area contributed by atoms with Crippen molar-refractivity contribution in [2.24, 2.45) is 0 Å². The van der Waals surface area contributed by atoms with Crippen molar-refractivity contribution in [2.45, 2.75) is 17.3 Å². The molecule has 2 rings (SSSR count). The lowest BCUT2D eigenvalue weighted by molar-refractivity contribution is 0.427. The summed E-state index contributed by atoms with van der Waals surface area (Å²) in [6.45, 7) is -0.418. The van der Waals surface area contributed by atoms with Crippen LogP contribution in [-0.4, -0.2) is 29.9 Å². The molecule has 2 aromatic rings. The fourth-order valence-corrected chi connectivity index (χ4v) is 2.99. The third-order valence-electron chi connectivity index (χ3n) is 2.38. The Morgan fingerprint density at radius 3 is 2.74 bits per heavy atom. The summed E-state index contributed by atoms with van der Waals surface area (Å²) in [6, 6.07) is 3.05. The third-order valence-corrected chi connectivity index (χ3v) is 4.44. The Bertz CT molecular complexity index is 655. The first-order chi connectivity index (χ1) is 9.01. The van der Waals surface area contributed by atoms with Gasteiger partial charge in [0.25, 0.3) is 0 Å². The van der Waals surface area contributed by atoms with E-state index < -0.39 is 16.5 Å². The van der Waals surface area contributed by atoms with E-state index in [1.165, 1.54) is 29.3 Å². The first kappa shape index (κ1) is 14.1. The molecule has 0 saturated carbocycles. The van der Waals surface area contributed by atoms with Crippen molar-refractivity contribution in [2.75, 3.05) is 6.67 Å². The summed E-state index contributed by atoms with van der Waals surface area (Å²) in [6.07, 6.45) is 4.38. The minimum absolute atomic E-state index is 0.00828. The SMILES string of the molecule is O=S(=O)(Cc1cnn(CCF)c1)c1ccc(Br)cn1. The Labute approximate surface area is 118 Å². The molecule has 0 unspecified atom stereocenters. The average Bonchev–Trinajstić information content (AvgIpc) is 2.77. The van der Waals surface area contributed by atoms with Gasteiger partial charge in [-0.1, -0.05) is 0 Å². The molecule has 8 heteroatoms. The van der Waals surface area contributed by atoms with Crippen LogP contribution in [0.1, 0.15) is 5.56 Å². The summed E-state index contributed by atoms with van der Waals surface area (Å²) in [5, 5.41) is 3.89. The summed E-state index contributed by atoms with van der Waals surface area (Å²) in [5.41, 5.74) is 0.512. The first-order valence-corrected chi connectivity index (χ1v) is 7.87. The van der Waals surface area contributed by atoms with Crippen molar-refractivity contribution < 1.29 is 12.8 Å². The van der Waals surface area contributed by atoms with Crippen molar-refractivity contribution in [3.8, 4) is 0 Å². The van der Waals surface area contributed by atoms with Gasteiger partial charge < -0.3 is 0 Å². The van der Waals surface area contributed by atoms with Crippen LogP contribution in [0.5, 0.6) is 0 Å². The maximum Gasteiger partial charge on any atom is 0.199 e. The number of nitrogens with zero attached hydrogens (tertiary/aromatic N) is 3. The van der Waals surface area contributed by atoms with E-state index in [1.807, 2.05) is 0 Å². The molecule has 19 heavy (non-hydrogen) atoms. The molecule has 0 atom stereocenters. The number of aryl methyl sites for hydroxylation is 1. The molecule has 0 aromatic carbocycles. The van der Waals surface area contributed by atoms with Gasteiger partial charge in [0.05, 0.1) is 18.5 Å². The zero-order chi connectivity index (χ0) is 13.9. The van der Waals surface area contributed by atoms with Crippen molar-refractivity contribution in [1.82, 2.24) is 14.8 Å². The van der Waals surface area contributed by atoms with Gasteiger partial charge in [0.15, 0.2) is 14.9 Å². The standard InChI is InChI=1S/C11H11BrFN3O2S/c12-10-1-2-11(14-6-10)19(17,18)8-9-5-15-16(7-9)4-3-13/h1-2,5-7H,3-4,8H2. The lowest BCUT2D eigenvalue weighted by Gasteiger charge is -2.01. The normalized spacial score (nSPS) is 11.7. The van der Waals surface area contributed by atoms with E-state index in [4.69, 9.17) is 0 Å². The molecular formula is C11H11BrFN3O2S. The van der Waals surface area contributed by atoms with Crippen LogP contribution in [-0.2, 0) is 22.1 Å². The second-order valence-corrected chi connectivity index (χ2v) is 6.73. The summed E-state index contributed by atoms with van der Waals surface area (Å²) in [7, 11) is -3.51. The van der Waals surface area contributed by atoms with Crippen LogP contribution >= 0.6 is 15.9 Å². The molecule has 0 amide bonds. The molecule has 0 aliphatic heterocycles. The smallest absolute Gasteiger partial charge is 0.199 e. The summed E-state index contributed by atoms with van der Waals surface area (Å²) in [4.78, 5) is 3.87. The molecular weight excluding hydrogens is 337 g/mol. The van der Waals surface area contributed by atoms with Crippen LogP contribution in [0.2, 0.25) is 0 Å². The maximum absolute atomic E-state index is 12.1. The van der Waals surface area contributed by atoms with Crippen molar-refractivity contribution >= 4 is 25.8 Å². The Balaban J connectivity index is 2.18. The van der Waals surface area contributed by atoms with E-state index in [2.05, 4.69) is 26.0 Å². The van der Waals surface area contributed by atoms with Crippen LogP contribution in [0.15, 0.2) is 40.2 Å². The van der Waals surface area contributed by atoms with Crippen LogP contribution in [0.25, 0.3) is 0 Å². The highest BCUT2D eigenvalue weighted by Gasteiger charge is 2.17. The summed E-state index contributed by atoms with van der Waals surface area (Å²) < 4.78 is 38.4. The summed E-state index contributed by atoms with van der Waals surface area (Å²) >= 11 is 3.19. The van der Waals surface area contributed by atoms with E-state index in [9.17, 15) is 12.8 Å². The average molecular weight is 348 g/mol. The number of aromatic nitrogens is 3. The van der Waals surface area contributed by atoms with Gasteiger partial charge in [-0.15, -0.1) is 0 Å². The number of rotatable bonds is 5. The fourth-order valence-electron chi connectivity index (χ4n) is 1.53. The fraction of sp³-hybridized carbons (Fsp3) is 0.273. The molecule has 0 saturated heterocycles. The molecule has 2 heterocycles. The van der Waals surface area contributed by atoms with Gasteiger partial charge in [0.2, 0.25) is 0 Å². The van der Waals surface area contributed by atoms with E-state index >= 15 is 0 Å². The van der Waals surface area contributed by atoms with E-state index in [-0.39, 0.29) is 17.3 Å². The van der Waals surface area contributed by atoms with Gasteiger partial charge in [-0.05, 0) is 28.1 Å². The van der Waals surface area contributed by atoms with Crippen LogP contribution in [0.4, 0.5) is 4.39 Å². The Kier molecular flexibility index (Phi) is 4.31. The monoisotopic (exact) mass is 347 g/mol. The van der Waals surface area contributed by atoms with Gasteiger partial charge in [0.1, 0.15) is 6.67 Å². The zero-order valence-electron chi connectivity index (χ0n) is 9.83. The molecule has 0 radical (unpaired) electrons. The number of sulfone groups is 1. The maximum atomic E-state index is 12.1. The molecule has 102 valence electrons.